The first-order valence-electron chi connectivity index (χ1n) is 8.77. The number of hydrogen-bond donors (Lipinski definition) is 1. The van der Waals surface area contributed by atoms with Crippen molar-refractivity contribution in [2.24, 2.45) is 14.1 Å². The van der Waals surface area contributed by atoms with Crippen molar-refractivity contribution in [1.29, 1.82) is 0 Å². The predicted molar refractivity (Wildman–Crippen MR) is 104 cm³/mol. The summed E-state index contributed by atoms with van der Waals surface area (Å²) in [5.74, 6) is 0. The first-order chi connectivity index (χ1) is 12.7. The Morgan fingerprint density at radius 2 is 1.59 bits per heavy atom. The van der Waals surface area contributed by atoms with Crippen molar-refractivity contribution in [3.8, 4) is 0 Å². The molecule has 0 amide bonds. The van der Waals surface area contributed by atoms with Crippen molar-refractivity contribution < 1.29 is 8.42 Å². The van der Waals surface area contributed by atoms with E-state index in [2.05, 4.69) is 5.32 Å². The fourth-order valence-electron chi connectivity index (χ4n) is 2.84. The predicted octanol–water partition coefficient (Wildman–Crippen LogP) is 0.404. The van der Waals surface area contributed by atoms with Gasteiger partial charge in [-0.05, 0) is 17.7 Å². The molecule has 27 heavy (non-hydrogen) atoms. The SMILES string of the molecule is CCN(CC)S(=O)(=O)c1ccc(CNCc2cn(C)c(=O)n(C)c2=O)cc1. The third-order valence-corrected chi connectivity index (χ3v) is 6.49. The lowest BCUT2D eigenvalue weighted by atomic mass is 10.2. The van der Waals surface area contributed by atoms with Crippen LogP contribution in [-0.2, 0) is 37.2 Å². The van der Waals surface area contributed by atoms with Crippen molar-refractivity contribution >= 4 is 10.0 Å². The minimum absolute atomic E-state index is 0.266. The van der Waals surface area contributed by atoms with Crippen molar-refractivity contribution in [2.45, 2.75) is 31.8 Å². The Bertz CT molecular complexity index is 1000. The summed E-state index contributed by atoms with van der Waals surface area (Å²) >= 11 is 0. The Labute approximate surface area is 159 Å². The van der Waals surface area contributed by atoms with Crippen molar-refractivity contribution in [2.75, 3.05) is 13.1 Å². The molecule has 1 heterocycles. The van der Waals surface area contributed by atoms with Crippen LogP contribution in [-0.4, -0.2) is 34.9 Å². The molecule has 1 aromatic heterocycles. The van der Waals surface area contributed by atoms with Crippen molar-refractivity contribution in [3.05, 3.63) is 62.4 Å². The van der Waals surface area contributed by atoms with E-state index in [1.807, 2.05) is 13.8 Å². The first-order valence-corrected chi connectivity index (χ1v) is 10.2. The van der Waals surface area contributed by atoms with Gasteiger partial charge in [0, 0.05) is 52.0 Å². The molecule has 0 bridgehead atoms. The van der Waals surface area contributed by atoms with Crippen LogP contribution in [0, 0.1) is 0 Å². The Hall–Kier alpha value is -2.23. The van der Waals surface area contributed by atoms with Crippen LogP contribution in [0.5, 0.6) is 0 Å². The summed E-state index contributed by atoms with van der Waals surface area (Å²) in [5.41, 5.74) is 0.690. The Balaban J connectivity index is 2.07. The molecule has 0 aliphatic carbocycles. The fraction of sp³-hybridized carbons (Fsp3) is 0.444. The number of nitrogens with zero attached hydrogens (tertiary/aromatic N) is 3. The second-order valence-electron chi connectivity index (χ2n) is 6.25. The molecule has 0 unspecified atom stereocenters. The maximum Gasteiger partial charge on any atom is 0.330 e. The molecule has 2 rings (SSSR count). The maximum atomic E-state index is 12.5. The molecule has 2 aromatic rings. The number of rotatable bonds is 8. The summed E-state index contributed by atoms with van der Waals surface area (Å²) in [6, 6.07) is 6.69. The van der Waals surface area contributed by atoms with Crippen LogP contribution >= 0.6 is 0 Å². The second-order valence-corrected chi connectivity index (χ2v) is 8.19. The van der Waals surface area contributed by atoms with E-state index in [4.69, 9.17) is 0 Å². The molecule has 0 atom stereocenters. The highest BCUT2D eigenvalue weighted by Crippen LogP contribution is 2.16. The normalized spacial score (nSPS) is 11.9. The van der Waals surface area contributed by atoms with Crippen LogP contribution in [0.15, 0.2) is 44.9 Å². The molecule has 148 valence electrons. The fourth-order valence-corrected chi connectivity index (χ4v) is 4.30. The van der Waals surface area contributed by atoms with Gasteiger partial charge in [0.05, 0.1) is 4.90 Å². The molecule has 8 nitrogen and oxygen atoms in total. The van der Waals surface area contributed by atoms with E-state index in [1.54, 1.807) is 31.3 Å². The Kier molecular flexibility index (Phi) is 6.74. The minimum Gasteiger partial charge on any atom is -0.308 e. The van der Waals surface area contributed by atoms with Gasteiger partial charge in [-0.15, -0.1) is 0 Å². The lowest BCUT2D eigenvalue weighted by molar-refractivity contribution is 0.445. The number of aromatic nitrogens is 2. The Morgan fingerprint density at radius 1 is 1.00 bits per heavy atom. The number of hydrogen-bond acceptors (Lipinski definition) is 5. The van der Waals surface area contributed by atoms with Gasteiger partial charge >= 0.3 is 5.69 Å². The average molecular weight is 394 g/mol. The highest BCUT2D eigenvalue weighted by Gasteiger charge is 2.21. The number of nitrogens with one attached hydrogen (secondary N) is 1. The molecule has 9 heteroatoms. The van der Waals surface area contributed by atoms with Crippen LogP contribution in [0.3, 0.4) is 0 Å². The molecule has 1 N–H and O–H groups in total. The summed E-state index contributed by atoms with van der Waals surface area (Å²) in [7, 11) is -0.419. The third-order valence-electron chi connectivity index (χ3n) is 4.43. The zero-order valence-corrected chi connectivity index (χ0v) is 16.9. The van der Waals surface area contributed by atoms with E-state index < -0.39 is 10.0 Å². The van der Waals surface area contributed by atoms with E-state index in [1.165, 1.54) is 22.1 Å². The van der Waals surface area contributed by atoms with E-state index in [-0.39, 0.29) is 16.1 Å². The van der Waals surface area contributed by atoms with Crippen LogP contribution in [0.25, 0.3) is 0 Å². The standard InChI is InChI=1S/C18H26N4O4S/c1-5-22(6-2)27(25,26)16-9-7-14(8-10-16)11-19-12-15-13-20(3)18(24)21(4)17(15)23/h7-10,13,19H,5-6,11-12H2,1-4H3. The topological polar surface area (TPSA) is 93.4 Å². The largest absolute Gasteiger partial charge is 0.330 e. The summed E-state index contributed by atoms with van der Waals surface area (Å²) in [6.45, 7) is 5.25. The molecular weight excluding hydrogens is 368 g/mol. The molecule has 0 aliphatic rings. The van der Waals surface area contributed by atoms with Gasteiger partial charge in [-0.1, -0.05) is 26.0 Å². The molecule has 0 radical (unpaired) electrons. The number of benzene rings is 1. The summed E-state index contributed by atoms with van der Waals surface area (Å²) in [4.78, 5) is 24.1. The van der Waals surface area contributed by atoms with Gasteiger partial charge in [-0.25, -0.2) is 13.2 Å². The highest BCUT2D eigenvalue weighted by molar-refractivity contribution is 7.89. The monoisotopic (exact) mass is 394 g/mol. The molecule has 0 saturated heterocycles. The van der Waals surface area contributed by atoms with Gasteiger partial charge in [0.2, 0.25) is 10.0 Å². The summed E-state index contributed by atoms with van der Waals surface area (Å²) in [6.07, 6.45) is 1.53. The zero-order chi connectivity index (χ0) is 20.2. The number of sulfonamides is 1. The second kappa shape index (κ2) is 8.64. The molecule has 0 aliphatic heterocycles. The van der Waals surface area contributed by atoms with E-state index in [9.17, 15) is 18.0 Å². The average Bonchev–Trinajstić information content (AvgIpc) is 2.65. The first kappa shape index (κ1) is 21.1. The third kappa shape index (κ3) is 4.55. The van der Waals surface area contributed by atoms with E-state index in [0.29, 0.717) is 31.7 Å². The molecule has 1 aromatic carbocycles. The van der Waals surface area contributed by atoms with Gasteiger partial charge in [0.1, 0.15) is 0 Å². The van der Waals surface area contributed by atoms with Gasteiger partial charge in [0.25, 0.3) is 5.56 Å². The lowest BCUT2D eigenvalue weighted by Crippen LogP contribution is -2.39. The maximum absolute atomic E-state index is 12.5. The number of aryl methyl sites for hydroxylation is 1. The Morgan fingerprint density at radius 3 is 2.15 bits per heavy atom. The minimum atomic E-state index is -3.46. The van der Waals surface area contributed by atoms with E-state index >= 15 is 0 Å². The summed E-state index contributed by atoms with van der Waals surface area (Å²) < 4.78 is 28.8. The van der Waals surface area contributed by atoms with Crippen LogP contribution in [0.2, 0.25) is 0 Å². The van der Waals surface area contributed by atoms with Gasteiger partial charge in [-0.3, -0.25) is 9.36 Å². The van der Waals surface area contributed by atoms with Crippen molar-refractivity contribution in [3.63, 3.8) is 0 Å². The molecular formula is C18H26N4O4S. The van der Waals surface area contributed by atoms with Gasteiger partial charge in [0.15, 0.2) is 0 Å². The molecule has 0 fully saturated rings. The molecule has 0 spiro atoms. The quantitative estimate of drug-likeness (QED) is 0.700. The van der Waals surface area contributed by atoms with Crippen LogP contribution in [0.4, 0.5) is 0 Å². The lowest BCUT2D eigenvalue weighted by Gasteiger charge is -2.18. The highest BCUT2D eigenvalue weighted by atomic mass is 32.2. The van der Waals surface area contributed by atoms with Gasteiger partial charge < -0.3 is 9.88 Å². The smallest absolute Gasteiger partial charge is 0.308 e. The molecule has 0 saturated carbocycles. The van der Waals surface area contributed by atoms with E-state index in [0.717, 1.165) is 10.1 Å². The van der Waals surface area contributed by atoms with Crippen LogP contribution in [0.1, 0.15) is 25.0 Å². The summed E-state index contributed by atoms with van der Waals surface area (Å²) in [5, 5.41) is 3.15. The van der Waals surface area contributed by atoms with Crippen LogP contribution < -0.4 is 16.6 Å². The zero-order valence-electron chi connectivity index (χ0n) is 16.1. The van der Waals surface area contributed by atoms with Crippen molar-refractivity contribution in [1.82, 2.24) is 18.8 Å². The van der Waals surface area contributed by atoms with Gasteiger partial charge in [-0.2, -0.15) is 4.31 Å².